The van der Waals surface area contributed by atoms with Gasteiger partial charge in [0.2, 0.25) is 0 Å². The lowest BCUT2D eigenvalue weighted by molar-refractivity contribution is -0.464. The van der Waals surface area contributed by atoms with E-state index in [0.29, 0.717) is 5.71 Å². The quantitative estimate of drug-likeness (QED) is 0.281. The molecule has 0 heterocycles. The van der Waals surface area contributed by atoms with Crippen molar-refractivity contribution in [1.82, 2.24) is 0 Å². The minimum atomic E-state index is -0.278. The van der Waals surface area contributed by atoms with Gasteiger partial charge in [-0.05, 0) is 0 Å². The van der Waals surface area contributed by atoms with Crippen LogP contribution in [0.2, 0.25) is 0 Å². The van der Waals surface area contributed by atoms with Crippen LogP contribution in [0, 0.1) is 0 Å². The second-order valence-electron chi connectivity index (χ2n) is 1.97. The average molecular weight is 130 g/mol. The monoisotopic (exact) mass is 130 g/mol. The van der Waals surface area contributed by atoms with Gasteiger partial charge < -0.3 is 4.74 Å². The summed E-state index contributed by atoms with van der Waals surface area (Å²) in [6, 6.07) is 0. The molecule has 9 heavy (non-hydrogen) atoms. The van der Waals surface area contributed by atoms with E-state index in [1.54, 1.807) is 25.6 Å². The molecule has 3 nitrogen and oxygen atoms in total. The molecule has 0 spiro atoms. The predicted molar refractivity (Wildman–Crippen MR) is 34.8 cm³/mol. The highest BCUT2D eigenvalue weighted by molar-refractivity contribution is 6.33. The maximum absolute atomic E-state index is 10.7. The van der Waals surface area contributed by atoms with Crippen molar-refractivity contribution in [3.63, 3.8) is 0 Å². The zero-order valence-electron chi connectivity index (χ0n) is 6.26. The number of ether oxygens (including phenoxy) is 1. The van der Waals surface area contributed by atoms with Gasteiger partial charge in [0.25, 0.3) is 5.71 Å². The molecule has 0 N–H and O–H groups in total. The normalized spacial score (nSPS) is 8.44. The lowest BCUT2D eigenvalue weighted by Gasteiger charge is -1.93. The van der Waals surface area contributed by atoms with E-state index in [1.807, 2.05) is 0 Å². The van der Waals surface area contributed by atoms with Crippen molar-refractivity contribution in [2.24, 2.45) is 0 Å². The van der Waals surface area contributed by atoms with Gasteiger partial charge in [0, 0.05) is 6.92 Å². The zero-order chi connectivity index (χ0) is 7.44. The molecule has 0 bridgehead atoms. The summed E-state index contributed by atoms with van der Waals surface area (Å²) in [6.07, 6.45) is 0. The molecule has 0 aliphatic heterocycles. The predicted octanol–water partition coefficient (Wildman–Crippen LogP) is -0.108. The number of esters is 1. The van der Waals surface area contributed by atoms with Crippen molar-refractivity contribution in [3.05, 3.63) is 0 Å². The molecule has 0 aromatic rings. The fourth-order valence-electron chi connectivity index (χ4n) is 0.330. The number of hydrogen-bond donors (Lipinski definition) is 0. The summed E-state index contributed by atoms with van der Waals surface area (Å²) >= 11 is 0. The molecule has 0 atom stereocenters. The maximum Gasteiger partial charge on any atom is 0.397 e. The molecular weight excluding hydrogens is 118 g/mol. The summed E-state index contributed by atoms with van der Waals surface area (Å²) in [6.45, 7) is 1.71. The SMILES string of the molecule is COC(=O)C(C)=[N+](C)C. The van der Waals surface area contributed by atoms with Gasteiger partial charge in [-0.3, -0.25) is 0 Å². The fraction of sp³-hybridized carbons (Fsp3) is 0.667. The molecule has 0 aliphatic rings. The smallest absolute Gasteiger partial charge is 0.397 e. The third-order valence-electron chi connectivity index (χ3n) is 1.15. The van der Waals surface area contributed by atoms with Gasteiger partial charge in [0.05, 0.1) is 7.11 Å². The first-order valence-corrected chi connectivity index (χ1v) is 2.68. The van der Waals surface area contributed by atoms with E-state index in [2.05, 4.69) is 4.74 Å². The van der Waals surface area contributed by atoms with Crippen LogP contribution in [0.3, 0.4) is 0 Å². The van der Waals surface area contributed by atoms with Gasteiger partial charge in [-0.2, -0.15) is 0 Å². The van der Waals surface area contributed by atoms with Crippen LogP contribution in [-0.2, 0) is 9.53 Å². The van der Waals surface area contributed by atoms with E-state index in [-0.39, 0.29) is 5.97 Å². The average Bonchev–Trinajstić information content (AvgIpc) is 1.84. The van der Waals surface area contributed by atoms with Gasteiger partial charge in [-0.15, -0.1) is 0 Å². The van der Waals surface area contributed by atoms with E-state index in [4.69, 9.17) is 0 Å². The molecule has 52 valence electrons. The summed E-state index contributed by atoms with van der Waals surface area (Å²) in [5.74, 6) is -0.278. The Morgan fingerprint density at radius 2 is 1.89 bits per heavy atom. The molecule has 0 radical (unpaired) electrons. The molecule has 0 saturated carbocycles. The van der Waals surface area contributed by atoms with Gasteiger partial charge in [0.1, 0.15) is 14.1 Å². The molecule has 0 unspecified atom stereocenters. The van der Waals surface area contributed by atoms with Crippen molar-refractivity contribution in [1.29, 1.82) is 0 Å². The Hall–Kier alpha value is -0.860. The summed E-state index contributed by atoms with van der Waals surface area (Å²) in [4.78, 5) is 10.7. The standard InChI is InChI=1S/C6H12NO2/c1-5(7(2)3)6(8)9-4/h1-4H3/q+1. The fourth-order valence-corrected chi connectivity index (χ4v) is 0.330. The number of carbonyl (C=O) groups excluding carboxylic acids is 1. The van der Waals surface area contributed by atoms with Crippen molar-refractivity contribution in [2.45, 2.75) is 6.92 Å². The van der Waals surface area contributed by atoms with E-state index in [9.17, 15) is 4.79 Å². The Kier molecular flexibility index (Phi) is 2.91. The summed E-state index contributed by atoms with van der Waals surface area (Å²) in [5.41, 5.74) is 0.609. The topological polar surface area (TPSA) is 29.3 Å². The first-order valence-electron chi connectivity index (χ1n) is 2.68. The van der Waals surface area contributed by atoms with Crippen LogP contribution >= 0.6 is 0 Å². The van der Waals surface area contributed by atoms with Gasteiger partial charge in [-0.1, -0.05) is 0 Å². The number of rotatable bonds is 1. The van der Waals surface area contributed by atoms with Crippen LogP contribution in [0.15, 0.2) is 0 Å². The van der Waals surface area contributed by atoms with Gasteiger partial charge in [0.15, 0.2) is 0 Å². The van der Waals surface area contributed by atoms with E-state index in [0.717, 1.165) is 0 Å². The van der Waals surface area contributed by atoms with E-state index < -0.39 is 0 Å². The first-order chi connectivity index (χ1) is 4.09. The van der Waals surface area contributed by atoms with Gasteiger partial charge in [-0.25, -0.2) is 9.37 Å². The van der Waals surface area contributed by atoms with Crippen molar-refractivity contribution in [2.75, 3.05) is 21.2 Å². The number of nitrogens with zero attached hydrogens (tertiary/aromatic N) is 1. The highest BCUT2D eigenvalue weighted by Gasteiger charge is 2.11. The molecule has 0 fully saturated rings. The molecule has 0 amide bonds. The third kappa shape index (κ3) is 2.26. The van der Waals surface area contributed by atoms with Crippen LogP contribution in [0.4, 0.5) is 0 Å². The molecule has 0 aromatic heterocycles. The molecule has 0 saturated heterocycles. The highest BCUT2D eigenvalue weighted by Crippen LogP contribution is 1.77. The van der Waals surface area contributed by atoms with Crippen LogP contribution < -0.4 is 0 Å². The zero-order valence-corrected chi connectivity index (χ0v) is 6.26. The Balaban J connectivity index is 4.21. The van der Waals surface area contributed by atoms with Crippen LogP contribution in [0.25, 0.3) is 0 Å². The van der Waals surface area contributed by atoms with Crippen LogP contribution in [-0.4, -0.2) is 37.5 Å². The second kappa shape index (κ2) is 3.22. The number of carbonyl (C=O) groups is 1. The number of methoxy groups -OCH3 is 1. The van der Waals surface area contributed by atoms with Crippen molar-refractivity contribution in [3.8, 4) is 0 Å². The Labute approximate surface area is 54.9 Å². The molecule has 3 heteroatoms. The minimum Gasteiger partial charge on any atom is -0.461 e. The Bertz CT molecular complexity index is 145. The lowest BCUT2D eigenvalue weighted by Crippen LogP contribution is -2.21. The third-order valence-corrected chi connectivity index (χ3v) is 1.15. The minimum absolute atomic E-state index is 0.278. The summed E-state index contributed by atoms with van der Waals surface area (Å²) < 4.78 is 6.17. The molecule has 0 rings (SSSR count). The second-order valence-corrected chi connectivity index (χ2v) is 1.97. The van der Waals surface area contributed by atoms with E-state index >= 15 is 0 Å². The summed E-state index contributed by atoms with van der Waals surface area (Å²) in [7, 11) is 4.97. The maximum atomic E-state index is 10.7. The molecule has 0 aliphatic carbocycles. The van der Waals surface area contributed by atoms with Crippen LogP contribution in [0.1, 0.15) is 6.92 Å². The highest BCUT2D eigenvalue weighted by atomic mass is 16.5. The van der Waals surface area contributed by atoms with Crippen LogP contribution in [0.5, 0.6) is 0 Å². The number of hydrogen-bond acceptors (Lipinski definition) is 2. The largest absolute Gasteiger partial charge is 0.461 e. The van der Waals surface area contributed by atoms with Crippen molar-refractivity contribution >= 4 is 11.7 Å². The van der Waals surface area contributed by atoms with Gasteiger partial charge >= 0.3 is 5.97 Å². The molecular formula is C6H12NO2+. The molecule has 0 aromatic carbocycles. The summed E-state index contributed by atoms with van der Waals surface area (Å²) in [5, 5.41) is 0. The van der Waals surface area contributed by atoms with Crippen molar-refractivity contribution < 1.29 is 14.1 Å². The Morgan fingerprint density at radius 1 is 1.44 bits per heavy atom. The Morgan fingerprint density at radius 3 is 2.00 bits per heavy atom. The van der Waals surface area contributed by atoms with E-state index in [1.165, 1.54) is 7.11 Å². The first kappa shape index (κ1) is 8.14. The lowest BCUT2D eigenvalue weighted by atomic mass is 10.4.